The SMILES string of the molecule is CN1C(=O)CC=C(c2ccccc2)c2cc(Cl)ccc21. The van der Waals surface area contributed by atoms with E-state index in [1.54, 1.807) is 11.9 Å². The molecule has 0 aliphatic carbocycles. The lowest BCUT2D eigenvalue weighted by molar-refractivity contribution is -0.117. The first-order chi connectivity index (χ1) is 9.66. The standard InChI is InChI=1S/C17H14ClNO/c1-19-16-9-7-13(18)11-15(16)14(8-10-17(19)20)12-5-3-2-4-6-12/h2-9,11H,10H2,1H3. The molecule has 1 heterocycles. The Morgan fingerprint density at radius 1 is 1.10 bits per heavy atom. The summed E-state index contributed by atoms with van der Waals surface area (Å²) in [5.74, 6) is 0.0829. The first-order valence-electron chi connectivity index (χ1n) is 6.49. The molecule has 2 nitrogen and oxygen atoms in total. The third-order valence-electron chi connectivity index (χ3n) is 3.55. The van der Waals surface area contributed by atoms with Gasteiger partial charge in [0.15, 0.2) is 0 Å². The second-order valence-corrected chi connectivity index (χ2v) is 5.24. The van der Waals surface area contributed by atoms with Crippen LogP contribution in [0.1, 0.15) is 17.5 Å². The quantitative estimate of drug-likeness (QED) is 0.770. The minimum absolute atomic E-state index is 0.0829. The predicted octanol–water partition coefficient (Wildman–Crippen LogP) is 4.14. The molecule has 0 spiro atoms. The maximum absolute atomic E-state index is 12.1. The second kappa shape index (κ2) is 5.14. The Bertz CT molecular complexity index is 691. The van der Waals surface area contributed by atoms with Crippen LogP contribution in [0.25, 0.3) is 5.57 Å². The van der Waals surface area contributed by atoms with Gasteiger partial charge in [-0.2, -0.15) is 0 Å². The molecule has 2 aromatic carbocycles. The van der Waals surface area contributed by atoms with Crippen LogP contribution >= 0.6 is 11.6 Å². The van der Waals surface area contributed by atoms with Gasteiger partial charge < -0.3 is 4.90 Å². The average molecular weight is 284 g/mol. The van der Waals surface area contributed by atoms with Crippen LogP contribution < -0.4 is 4.90 Å². The third kappa shape index (κ3) is 2.23. The second-order valence-electron chi connectivity index (χ2n) is 4.80. The molecular formula is C17H14ClNO. The lowest BCUT2D eigenvalue weighted by Gasteiger charge is -2.19. The lowest BCUT2D eigenvalue weighted by atomic mass is 9.96. The van der Waals surface area contributed by atoms with Gasteiger partial charge in [-0.3, -0.25) is 4.79 Å². The van der Waals surface area contributed by atoms with E-state index in [2.05, 4.69) is 0 Å². The molecule has 1 aliphatic rings. The van der Waals surface area contributed by atoms with E-state index in [0.717, 1.165) is 22.4 Å². The Hall–Kier alpha value is -2.06. The van der Waals surface area contributed by atoms with Crippen molar-refractivity contribution >= 4 is 28.8 Å². The van der Waals surface area contributed by atoms with Crippen molar-refractivity contribution in [2.45, 2.75) is 6.42 Å². The van der Waals surface area contributed by atoms with Crippen molar-refractivity contribution in [3.63, 3.8) is 0 Å². The van der Waals surface area contributed by atoms with Gasteiger partial charge in [0.25, 0.3) is 0 Å². The van der Waals surface area contributed by atoms with E-state index in [9.17, 15) is 4.79 Å². The van der Waals surface area contributed by atoms with Crippen molar-refractivity contribution in [3.8, 4) is 0 Å². The summed E-state index contributed by atoms with van der Waals surface area (Å²) in [6, 6.07) is 15.7. The maximum atomic E-state index is 12.1. The summed E-state index contributed by atoms with van der Waals surface area (Å²) in [7, 11) is 1.80. The molecule has 0 aromatic heterocycles. The molecule has 2 aromatic rings. The molecule has 0 radical (unpaired) electrons. The van der Waals surface area contributed by atoms with Gasteiger partial charge in [0.2, 0.25) is 5.91 Å². The largest absolute Gasteiger partial charge is 0.315 e. The molecule has 0 N–H and O–H groups in total. The molecule has 3 rings (SSSR count). The van der Waals surface area contributed by atoms with Gasteiger partial charge >= 0.3 is 0 Å². The molecule has 1 aliphatic heterocycles. The summed E-state index contributed by atoms with van der Waals surface area (Å²) in [6.45, 7) is 0. The summed E-state index contributed by atoms with van der Waals surface area (Å²) in [5.41, 5.74) is 4.05. The van der Waals surface area contributed by atoms with Crippen LogP contribution in [0.15, 0.2) is 54.6 Å². The van der Waals surface area contributed by atoms with Crippen molar-refractivity contribution in [1.29, 1.82) is 0 Å². The van der Waals surface area contributed by atoms with Gasteiger partial charge in [-0.15, -0.1) is 0 Å². The van der Waals surface area contributed by atoms with Crippen molar-refractivity contribution in [1.82, 2.24) is 0 Å². The van der Waals surface area contributed by atoms with E-state index in [-0.39, 0.29) is 5.91 Å². The highest BCUT2D eigenvalue weighted by Gasteiger charge is 2.21. The molecule has 0 saturated heterocycles. The van der Waals surface area contributed by atoms with Crippen molar-refractivity contribution in [2.24, 2.45) is 0 Å². The smallest absolute Gasteiger partial charge is 0.230 e. The number of hydrogen-bond acceptors (Lipinski definition) is 1. The Morgan fingerprint density at radius 2 is 1.85 bits per heavy atom. The van der Waals surface area contributed by atoms with Crippen molar-refractivity contribution < 1.29 is 4.79 Å². The van der Waals surface area contributed by atoms with E-state index in [1.165, 1.54) is 0 Å². The third-order valence-corrected chi connectivity index (χ3v) is 3.78. The summed E-state index contributed by atoms with van der Waals surface area (Å²) >= 11 is 6.14. The number of amides is 1. The number of carbonyl (C=O) groups excluding carboxylic acids is 1. The fourth-order valence-corrected chi connectivity index (χ4v) is 2.65. The number of benzene rings is 2. The molecule has 1 amide bonds. The highest BCUT2D eigenvalue weighted by Crippen LogP contribution is 2.36. The minimum atomic E-state index is 0.0829. The van der Waals surface area contributed by atoms with Gasteiger partial charge in [0, 0.05) is 24.1 Å². The lowest BCUT2D eigenvalue weighted by Crippen LogP contribution is -2.25. The zero-order valence-electron chi connectivity index (χ0n) is 11.1. The molecule has 0 fully saturated rings. The van der Waals surface area contributed by atoms with Gasteiger partial charge in [-0.1, -0.05) is 48.0 Å². The molecule has 0 saturated carbocycles. The molecule has 0 unspecified atom stereocenters. The van der Waals surface area contributed by atoms with Crippen molar-refractivity contribution in [3.05, 3.63) is 70.8 Å². The van der Waals surface area contributed by atoms with E-state index in [1.807, 2.05) is 54.6 Å². The normalized spacial score (nSPS) is 14.6. The number of anilines is 1. The first-order valence-corrected chi connectivity index (χ1v) is 6.86. The van der Waals surface area contributed by atoms with Crippen LogP contribution in [0.3, 0.4) is 0 Å². The fourth-order valence-electron chi connectivity index (χ4n) is 2.48. The molecule has 0 bridgehead atoms. The summed E-state index contributed by atoms with van der Waals surface area (Å²) in [4.78, 5) is 13.8. The molecular weight excluding hydrogens is 270 g/mol. The van der Waals surface area contributed by atoms with Crippen molar-refractivity contribution in [2.75, 3.05) is 11.9 Å². The minimum Gasteiger partial charge on any atom is -0.315 e. The van der Waals surface area contributed by atoms with Crippen LogP contribution in [-0.4, -0.2) is 13.0 Å². The van der Waals surface area contributed by atoms with E-state index in [0.29, 0.717) is 11.4 Å². The average Bonchev–Trinajstić information content (AvgIpc) is 2.58. The number of hydrogen-bond donors (Lipinski definition) is 0. The van der Waals surface area contributed by atoms with Gasteiger partial charge in [-0.25, -0.2) is 0 Å². The van der Waals surface area contributed by atoms with Gasteiger partial charge in [0.1, 0.15) is 0 Å². The number of rotatable bonds is 1. The summed E-state index contributed by atoms with van der Waals surface area (Å²) in [6.07, 6.45) is 2.38. The predicted molar refractivity (Wildman–Crippen MR) is 83.0 cm³/mol. The monoisotopic (exact) mass is 283 g/mol. The maximum Gasteiger partial charge on any atom is 0.230 e. The van der Waals surface area contributed by atoms with Crippen LogP contribution in [-0.2, 0) is 4.79 Å². The Balaban J connectivity index is 2.23. The topological polar surface area (TPSA) is 20.3 Å². The highest BCUT2D eigenvalue weighted by molar-refractivity contribution is 6.31. The molecule has 3 heteroatoms. The highest BCUT2D eigenvalue weighted by atomic mass is 35.5. The number of fused-ring (bicyclic) bond motifs is 1. The molecule has 100 valence electrons. The van der Waals surface area contributed by atoms with E-state index in [4.69, 9.17) is 11.6 Å². The molecule has 20 heavy (non-hydrogen) atoms. The van der Waals surface area contributed by atoms with Gasteiger partial charge in [-0.05, 0) is 29.3 Å². The zero-order valence-corrected chi connectivity index (χ0v) is 11.9. The summed E-state index contributed by atoms with van der Waals surface area (Å²) < 4.78 is 0. The number of halogens is 1. The van der Waals surface area contributed by atoms with E-state index >= 15 is 0 Å². The van der Waals surface area contributed by atoms with Crippen LogP contribution in [0.5, 0.6) is 0 Å². The Kier molecular flexibility index (Phi) is 3.33. The summed E-state index contributed by atoms with van der Waals surface area (Å²) in [5, 5.41) is 0.674. The Labute approximate surface area is 123 Å². The Morgan fingerprint density at radius 3 is 2.60 bits per heavy atom. The van der Waals surface area contributed by atoms with Crippen LogP contribution in [0, 0.1) is 0 Å². The fraction of sp³-hybridized carbons (Fsp3) is 0.118. The van der Waals surface area contributed by atoms with Gasteiger partial charge in [0.05, 0.1) is 5.69 Å². The van der Waals surface area contributed by atoms with Crippen LogP contribution in [0.2, 0.25) is 5.02 Å². The molecule has 0 atom stereocenters. The number of carbonyl (C=O) groups is 1. The van der Waals surface area contributed by atoms with Crippen LogP contribution in [0.4, 0.5) is 5.69 Å². The number of nitrogens with zero attached hydrogens (tertiary/aromatic N) is 1. The first kappa shape index (κ1) is 12.9. The van der Waals surface area contributed by atoms with E-state index < -0.39 is 0 Å². The zero-order chi connectivity index (χ0) is 14.1.